The van der Waals surface area contributed by atoms with Gasteiger partial charge in [-0.25, -0.2) is 0 Å². The zero-order valence-corrected chi connectivity index (χ0v) is 15.8. The quantitative estimate of drug-likeness (QED) is 0.826. The lowest BCUT2D eigenvalue weighted by molar-refractivity contribution is 0.148. The molecule has 2 aromatic carbocycles. The normalized spacial score (nSPS) is 15.9. The number of likely N-dealkylation sites (N-methyl/N-ethyl adjacent to an activating group) is 1. The fourth-order valence-corrected chi connectivity index (χ4v) is 3.25. The monoisotopic (exact) mass is 354 g/mol. The van der Waals surface area contributed by atoms with Crippen LogP contribution in [-0.2, 0) is 6.54 Å². The highest BCUT2D eigenvalue weighted by atomic mass is 32.1. The fourth-order valence-electron chi connectivity index (χ4n) is 3.14. The molecule has 0 amide bonds. The number of nitrogens with one attached hydrogen (secondary N) is 1. The topological polar surface area (TPSA) is 44.5 Å². The van der Waals surface area contributed by atoms with Gasteiger partial charge in [0.1, 0.15) is 0 Å². The Morgan fingerprint density at radius 1 is 1.04 bits per heavy atom. The standard InChI is InChI=1S/C20H26N4S/c1-15-3-6-18(13-19(15)22-20(21)25)17-7-4-16(5-8-17)14-24-11-9-23(2)10-12-24/h3-8,13H,9-12,14H2,1-2H3,(H3,21,22,25). The van der Waals surface area contributed by atoms with Crippen LogP contribution in [-0.4, -0.2) is 48.1 Å². The maximum atomic E-state index is 5.61. The average Bonchev–Trinajstić information content (AvgIpc) is 2.59. The number of aryl methyl sites for hydroxylation is 1. The number of hydrogen-bond acceptors (Lipinski definition) is 3. The van der Waals surface area contributed by atoms with Crippen LogP contribution in [0.5, 0.6) is 0 Å². The molecule has 0 unspecified atom stereocenters. The van der Waals surface area contributed by atoms with Crippen molar-refractivity contribution in [3.8, 4) is 11.1 Å². The Bertz CT molecular complexity index is 734. The molecule has 2 aromatic rings. The molecule has 1 fully saturated rings. The van der Waals surface area contributed by atoms with Gasteiger partial charge in [0.05, 0.1) is 0 Å². The van der Waals surface area contributed by atoms with Gasteiger partial charge in [-0.3, -0.25) is 4.90 Å². The lowest BCUT2D eigenvalue weighted by atomic mass is 10.0. The predicted molar refractivity (Wildman–Crippen MR) is 110 cm³/mol. The van der Waals surface area contributed by atoms with Crippen LogP contribution in [0.1, 0.15) is 11.1 Å². The summed E-state index contributed by atoms with van der Waals surface area (Å²) in [6.45, 7) is 7.66. The number of benzene rings is 2. The van der Waals surface area contributed by atoms with Crippen molar-refractivity contribution >= 4 is 23.0 Å². The molecule has 0 bridgehead atoms. The van der Waals surface area contributed by atoms with Gasteiger partial charge in [0.15, 0.2) is 5.11 Å². The summed E-state index contributed by atoms with van der Waals surface area (Å²) in [7, 11) is 2.19. The summed E-state index contributed by atoms with van der Waals surface area (Å²) < 4.78 is 0. The molecule has 132 valence electrons. The van der Waals surface area contributed by atoms with Crippen LogP contribution >= 0.6 is 12.2 Å². The second-order valence-electron chi connectivity index (χ2n) is 6.80. The minimum absolute atomic E-state index is 0.294. The first kappa shape index (κ1) is 17.9. The van der Waals surface area contributed by atoms with Gasteiger partial charge in [0.25, 0.3) is 0 Å². The Hall–Kier alpha value is -1.95. The summed E-state index contributed by atoms with van der Waals surface area (Å²) in [5, 5.41) is 3.35. The van der Waals surface area contributed by atoms with Crippen LogP contribution in [0.25, 0.3) is 11.1 Å². The lowest BCUT2D eigenvalue weighted by Crippen LogP contribution is -2.43. The number of rotatable bonds is 4. The molecule has 1 saturated heterocycles. The highest BCUT2D eigenvalue weighted by molar-refractivity contribution is 7.80. The number of hydrogen-bond donors (Lipinski definition) is 2. The highest BCUT2D eigenvalue weighted by Crippen LogP contribution is 2.26. The molecule has 5 heteroatoms. The second kappa shape index (κ2) is 7.95. The number of nitrogens with two attached hydrogens (primary N) is 1. The van der Waals surface area contributed by atoms with Crippen LogP contribution < -0.4 is 11.1 Å². The van der Waals surface area contributed by atoms with Crippen LogP contribution in [0.15, 0.2) is 42.5 Å². The van der Waals surface area contributed by atoms with Crippen molar-refractivity contribution in [2.45, 2.75) is 13.5 Å². The summed E-state index contributed by atoms with van der Waals surface area (Å²) >= 11 is 4.96. The Morgan fingerprint density at radius 3 is 2.32 bits per heavy atom. The molecule has 0 aromatic heterocycles. The molecule has 0 radical (unpaired) electrons. The van der Waals surface area contributed by atoms with E-state index in [1.807, 2.05) is 6.92 Å². The molecule has 0 saturated carbocycles. The van der Waals surface area contributed by atoms with Crippen molar-refractivity contribution in [1.82, 2.24) is 9.80 Å². The summed E-state index contributed by atoms with van der Waals surface area (Å²) in [4.78, 5) is 4.90. The minimum Gasteiger partial charge on any atom is -0.376 e. The molecular formula is C20H26N4S. The first-order valence-electron chi connectivity index (χ1n) is 8.68. The maximum Gasteiger partial charge on any atom is 0.168 e. The summed E-state index contributed by atoms with van der Waals surface area (Å²) in [5.74, 6) is 0. The molecule has 3 rings (SSSR count). The van der Waals surface area contributed by atoms with E-state index in [0.717, 1.165) is 49.5 Å². The molecule has 25 heavy (non-hydrogen) atoms. The lowest BCUT2D eigenvalue weighted by Gasteiger charge is -2.32. The first-order valence-corrected chi connectivity index (χ1v) is 9.09. The van der Waals surface area contributed by atoms with Crippen molar-refractivity contribution in [3.63, 3.8) is 0 Å². The van der Waals surface area contributed by atoms with Crippen molar-refractivity contribution in [3.05, 3.63) is 53.6 Å². The van der Waals surface area contributed by atoms with E-state index in [1.54, 1.807) is 0 Å². The van der Waals surface area contributed by atoms with E-state index in [-0.39, 0.29) is 0 Å². The van der Waals surface area contributed by atoms with Crippen LogP contribution in [0.4, 0.5) is 5.69 Å². The Morgan fingerprint density at radius 2 is 1.68 bits per heavy atom. The third kappa shape index (κ3) is 4.78. The van der Waals surface area contributed by atoms with Gasteiger partial charge < -0.3 is 16.0 Å². The number of anilines is 1. The van der Waals surface area contributed by atoms with Gasteiger partial charge in [0.2, 0.25) is 0 Å². The molecular weight excluding hydrogens is 328 g/mol. The summed E-state index contributed by atoms with van der Waals surface area (Å²) in [6.07, 6.45) is 0. The fraction of sp³-hybridized carbons (Fsp3) is 0.350. The Kier molecular flexibility index (Phi) is 5.68. The van der Waals surface area contributed by atoms with Gasteiger partial charge in [-0.15, -0.1) is 0 Å². The van der Waals surface area contributed by atoms with Crippen LogP contribution in [0, 0.1) is 6.92 Å². The van der Waals surface area contributed by atoms with Gasteiger partial charge >= 0.3 is 0 Å². The molecule has 1 heterocycles. The molecule has 1 aliphatic heterocycles. The van der Waals surface area contributed by atoms with E-state index in [2.05, 4.69) is 64.6 Å². The highest BCUT2D eigenvalue weighted by Gasteiger charge is 2.13. The molecule has 1 aliphatic rings. The molecule has 0 spiro atoms. The largest absolute Gasteiger partial charge is 0.376 e. The zero-order chi connectivity index (χ0) is 17.8. The summed E-state index contributed by atoms with van der Waals surface area (Å²) in [5.41, 5.74) is 11.4. The molecule has 3 N–H and O–H groups in total. The minimum atomic E-state index is 0.294. The second-order valence-corrected chi connectivity index (χ2v) is 7.24. The van der Waals surface area contributed by atoms with Crippen LogP contribution in [0.3, 0.4) is 0 Å². The zero-order valence-electron chi connectivity index (χ0n) is 15.0. The van der Waals surface area contributed by atoms with Crippen molar-refractivity contribution in [1.29, 1.82) is 0 Å². The van der Waals surface area contributed by atoms with E-state index < -0.39 is 0 Å². The van der Waals surface area contributed by atoms with Gasteiger partial charge in [-0.2, -0.15) is 0 Å². The molecule has 4 nitrogen and oxygen atoms in total. The number of piperazine rings is 1. The SMILES string of the molecule is Cc1ccc(-c2ccc(CN3CCN(C)CC3)cc2)cc1NC(N)=S. The smallest absolute Gasteiger partial charge is 0.168 e. The third-order valence-electron chi connectivity index (χ3n) is 4.78. The Balaban J connectivity index is 1.70. The average molecular weight is 355 g/mol. The van der Waals surface area contributed by atoms with E-state index in [0.29, 0.717) is 5.11 Å². The van der Waals surface area contributed by atoms with E-state index >= 15 is 0 Å². The van der Waals surface area contributed by atoms with E-state index in [9.17, 15) is 0 Å². The summed E-state index contributed by atoms with van der Waals surface area (Å²) in [6, 6.07) is 15.2. The maximum absolute atomic E-state index is 5.61. The van der Waals surface area contributed by atoms with Gasteiger partial charge in [0, 0.05) is 38.4 Å². The number of thiocarbonyl (C=S) groups is 1. The van der Waals surface area contributed by atoms with E-state index in [4.69, 9.17) is 18.0 Å². The number of nitrogens with zero attached hydrogens (tertiary/aromatic N) is 2. The third-order valence-corrected chi connectivity index (χ3v) is 4.89. The van der Waals surface area contributed by atoms with Crippen molar-refractivity contribution < 1.29 is 0 Å². The Labute approximate surface area is 155 Å². The van der Waals surface area contributed by atoms with Crippen LogP contribution in [0.2, 0.25) is 0 Å². The predicted octanol–water partition coefficient (Wildman–Crippen LogP) is 3.06. The molecule has 0 atom stereocenters. The molecule has 0 aliphatic carbocycles. The first-order chi connectivity index (χ1) is 12.0. The van der Waals surface area contributed by atoms with Crippen molar-refractivity contribution in [2.75, 3.05) is 38.5 Å². The van der Waals surface area contributed by atoms with E-state index in [1.165, 1.54) is 11.1 Å². The van der Waals surface area contributed by atoms with Crippen molar-refractivity contribution in [2.24, 2.45) is 5.73 Å². The van der Waals surface area contributed by atoms with Gasteiger partial charge in [-0.05, 0) is 54.5 Å². The van der Waals surface area contributed by atoms with Gasteiger partial charge in [-0.1, -0.05) is 36.4 Å².